The van der Waals surface area contributed by atoms with Crippen molar-refractivity contribution >= 4 is 21.4 Å². The Morgan fingerprint density at radius 2 is 1.74 bits per heavy atom. The van der Waals surface area contributed by atoms with Crippen molar-refractivity contribution in [1.82, 2.24) is 4.90 Å². The molecule has 0 radical (unpaired) electrons. The minimum absolute atomic E-state index is 0.130. The van der Waals surface area contributed by atoms with Crippen molar-refractivity contribution in [2.24, 2.45) is 5.92 Å². The highest BCUT2D eigenvalue weighted by Crippen LogP contribution is 2.26. The summed E-state index contributed by atoms with van der Waals surface area (Å²) in [5.74, 6) is 0.536. The van der Waals surface area contributed by atoms with E-state index in [1.165, 1.54) is 11.3 Å². The Hall–Kier alpha value is -1.60. The Morgan fingerprint density at radius 3 is 2.29 bits per heavy atom. The zero-order chi connectivity index (χ0) is 22.8. The largest absolute Gasteiger partial charge is 0.372 e. The summed E-state index contributed by atoms with van der Waals surface area (Å²) in [6, 6.07) is 6.32. The number of anilines is 1. The van der Waals surface area contributed by atoms with Gasteiger partial charge in [0.25, 0.3) is 0 Å². The third-order valence-corrected chi connectivity index (χ3v) is 8.90. The number of aryl methyl sites for hydroxylation is 1. The predicted octanol–water partition coefficient (Wildman–Crippen LogP) is 3.21. The number of likely N-dealkylation sites (tertiary alicyclic amines) is 1. The van der Waals surface area contributed by atoms with E-state index < -0.39 is 9.84 Å². The Kier molecular flexibility index (Phi) is 7.68. The van der Waals surface area contributed by atoms with Crippen LogP contribution in [0.15, 0.2) is 18.2 Å². The molecule has 3 rings (SSSR count). The first-order valence-electron chi connectivity index (χ1n) is 11.5. The van der Waals surface area contributed by atoms with Gasteiger partial charge in [0.05, 0.1) is 29.6 Å². The lowest BCUT2D eigenvalue weighted by atomic mass is 9.98. The van der Waals surface area contributed by atoms with Crippen LogP contribution in [0.1, 0.15) is 51.7 Å². The second-order valence-electron chi connectivity index (χ2n) is 9.66. The SMILES string of the molecule is Cc1cc(CC(=O)N2CCC(CS(=O)(=O)C(C)C)CC2)ccc1N1C[C@@H](C)O[C@@H](C)C1. The van der Waals surface area contributed by atoms with E-state index in [4.69, 9.17) is 4.74 Å². The normalized spacial score (nSPS) is 23.4. The molecular formula is C24H38N2O4S. The quantitative estimate of drug-likeness (QED) is 0.666. The zero-order valence-corrected chi connectivity index (χ0v) is 20.5. The Bertz CT molecular complexity index is 866. The standard InChI is InChI=1S/C24H38N2O4S/c1-17(2)31(28,29)16-21-8-10-25(11-9-21)24(27)13-22-6-7-23(18(3)12-22)26-14-19(4)30-20(5)15-26/h6-7,12,17,19-21H,8-11,13-16H2,1-5H3/t19-,20+. The fourth-order valence-corrected chi connectivity index (χ4v) is 6.09. The monoisotopic (exact) mass is 450 g/mol. The second kappa shape index (κ2) is 9.90. The number of hydrogen-bond donors (Lipinski definition) is 0. The highest BCUT2D eigenvalue weighted by molar-refractivity contribution is 7.91. The molecular weight excluding hydrogens is 412 g/mol. The van der Waals surface area contributed by atoms with Gasteiger partial charge in [-0.1, -0.05) is 12.1 Å². The summed E-state index contributed by atoms with van der Waals surface area (Å²) in [4.78, 5) is 17.1. The van der Waals surface area contributed by atoms with Crippen molar-refractivity contribution in [3.05, 3.63) is 29.3 Å². The molecule has 31 heavy (non-hydrogen) atoms. The van der Waals surface area contributed by atoms with E-state index >= 15 is 0 Å². The summed E-state index contributed by atoms with van der Waals surface area (Å²) >= 11 is 0. The van der Waals surface area contributed by atoms with Crippen LogP contribution < -0.4 is 4.90 Å². The third kappa shape index (κ3) is 6.22. The van der Waals surface area contributed by atoms with E-state index in [1.807, 2.05) is 4.90 Å². The zero-order valence-electron chi connectivity index (χ0n) is 19.6. The van der Waals surface area contributed by atoms with Crippen LogP contribution in [-0.4, -0.2) is 68.6 Å². The van der Waals surface area contributed by atoms with Crippen molar-refractivity contribution in [2.45, 2.75) is 71.3 Å². The van der Waals surface area contributed by atoms with E-state index in [2.05, 4.69) is 43.9 Å². The highest BCUT2D eigenvalue weighted by atomic mass is 32.2. The van der Waals surface area contributed by atoms with E-state index in [0.29, 0.717) is 19.5 Å². The number of amides is 1. The Balaban J connectivity index is 1.55. The first kappa shape index (κ1) is 24.1. The van der Waals surface area contributed by atoms with Gasteiger partial charge in [0, 0.05) is 31.9 Å². The number of carbonyl (C=O) groups is 1. The van der Waals surface area contributed by atoms with Crippen LogP contribution in [0.2, 0.25) is 0 Å². The molecule has 0 aliphatic carbocycles. The van der Waals surface area contributed by atoms with Gasteiger partial charge in [-0.2, -0.15) is 0 Å². The smallest absolute Gasteiger partial charge is 0.226 e. The molecule has 1 amide bonds. The molecule has 2 aliphatic heterocycles. The van der Waals surface area contributed by atoms with Gasteiger partial charge in [-0.05, 0) is 70.6 Å². The van der Waals surface area contributed by atoms with Crippen molar-refractivity contribution in [3.8, 4) is 0 Å². The van der Waals surface area contributed by atoms with Crippen molar-refractivity contribution < 1.29 is 17.9 Å². The van der Waals surface area contributed by atoms with Gasteiger partial charge in [0.1, 0.15) is 0 Å². The van der Waals surface area contributed by atoms with Crippen molar-refractivity contribution in [1.29, 1.82) is 0 Å². The summed E-state index contributed by atoms with van der Waals surface area (Å²) in [6.07, 6.45) is 2.35. The van der Waals surface area contributed by atoms with Crippen LogP contribution in [0.25, 0.3) is 0 Å². The molecule has 1 aromatic carbocycles. The summed E-state index contributed by atoms with van der Waals surface area (Å²) in [7, 11) is -3.02. The number of nitrogens with zero attached hydrogens (tertiary/aromatic N) is 2. The number of benzene rings is 1. The lowest BCUT2D eigenvalue weighted by Gasteiger charge is -2.37. The van der Waals surface area contributed by atoms with Crippen molar-refractivity contribution in [2.75, 3.05) is 36.8 Å². The van der Waals surface area contributed by atoms with Crippen molar-refractivity contribution in [3.63, 3.8) is 0 Å². The molecule has 0 bridgehead atoms. The maximum absolute atomic E-state index is 12.8. The molecule has 2 heterocycles. The fraction of sp³-hybridized carbons (Fsp3) is 0.708. The molecule has 6 nitrogen and oxygen atoms in total. The average Bonchev–Trinajstić information content (AvgIpc) is 2.67. The Labute approximate surface area is 187 Å². The molecule has 2 atom stereocenters. The maximum atomic E-state index is 12.8. The van der Waals surface area contributed by atoms with Crippen LogP contribution in [0, 0.1) is 12.8 Å². The predicted molar refractivity (Wildman–Crippen MR) is 125 cm³/mol. The number of hydrogen-bond acceptors (Lipinski definition) is 5. The molecule has 0 unspecified atom stereocenters. The second-order valence-corrected chi connectivity index (χ2v) is 12.3. The molecule has 1 aromatic rings. The van der Waals surface area contributed by atoms with E-state index in [-0.39, 0.29) is 35.0 Å². The fourth-order valence-electron chi connectivity index (χ4n) is 4.71. The van der Waals surface area contributed by atoms with Gasteiger partial charge in [-0.15, -0.1) is 0 Å². The summed E-state index contributed by atoms with van der Waals surface area (Å²) in [5, 5.41) is -0.331. The van der Waals surface area contributed by atoms with Crippen LogP contribution in [0.4, 0.5) is 5.69 Å². The summed E-state index contributed by atoms with van der Waals surface area (Å²) < 4.78 is 30.2. The van der Waals surface area contributed by atoms with Gasteiger partial charge >= 0.3 is 0 Å². The number of morpholine rings is 1. The number of ether oxygens (including phenoxy) is 1. The highest BCUT2D eigenvalue weighted by Gasteiger charge is 2.28. The number of sulfone groups is 1. The minimum atomic E-state index is -3.02. The lowest BCUT2D eigenvalue weighted by molar-refractivity contribution is -0.131. The lowest BCUT2D eigenvalue weighted by Crippen LogP contribution is -2.45. The molecule has 0 spiro atoms. The third-order valence-electron chi connectivity index (χ3n) is 6.53. The average molecular weight is 451 g/mol. The molecule has 2 saturated heterocycles. The number of rotatable bonds is 6. The van der Waals surface area contributed by atoms with Gasteiger partial charge in [0.15, 0.2) is 9.84 Å². The minimum Gasteiger partial charge on any atom is -0.372 e. The molecule has 2 aliphatic rings. The topological polar surface area (TPSA) is 66.9 Å². The van der Waals surface area contributed by atoms with Gasteiger partial charge in [-0.3, -0.25) is 4.79 Å². The first-order chi connectivity index (χ1) is 14.5. The van der Waals surface area contributed by atoms with E-state index in [1.54, 1.807) is 13.8 Å². The number of piperidine rings is 1. The summed E-state index contributed by atoms with van der Waals surface area (Å²) in [6.45, 7) is 12.8. The molecule has 2 fully saturated rings. The van der Waals surface area contributed by atoms with Gasteiger partial charge in [-0.25, -0.2) is 8.42 Å². The molecule has 174 valence electrons. The van der Waals surface area contributed by atoms with E-state index in [0.717, 1.165) is 31.5 Å². The van der Waals surface area contributed by atoms with Gasteiger partial charge < -0.3 is 14.5 Å². The van der Waals surface area contributed by atoms with Crippen LogP contribution >= 0.6 is 0 Å². The van der Waals surface area contributed by atoms with E-state index in [9.17, 15) is 13.2 Å². The molecule has 0 aromatic heterocycles. The van der Waals surface area contributed by atoms with Crippen LogP contribution in [0.5, 0.6) is 0 Å². The molecule has 0 saturated carbocycles. The molecule has 7 heteroatoms. The maximum Gasteiger partial charge on any atom is 0.226 e. The number of carbonyl (C=O) groups excluding carboxylic acids is 1. The molecule has 0 N–H and O–H groups in total. The Morgan fingerprint density at radius 1 is 1.13 bits per heavy atom. The van der Waals surface area contributed by atoms with Crippen LogP contribution in [-0.2, 0) is 25.8 Å². The van der Waals surface area contributed by atoms with Gasteiger partial charge in [0.2, 0.25) is 5.91 Å². The summed E-state index contributed by atoms with van der Waals surface area (Å²) in [5.41, 5.74) is 3.43. The first-order valence-corrected chi connectivity index (χ1v) is 13.3. The van der Waals surface area contributed by atoms with Crippen LogP contribution in [0.3, 0.4) is 0 Å².